The maximum atomic E-state index is 13.2. The SMILES string of the molecule is CCOC(=O)[C@@H]1C(=O)NC(N2CCN(c3ccc(F)cc3)CC2)=N[C@H]1c1cccc(Cl)c1. The molecule has 0 saturated carbocycles. The number of ether oxygens (including phenoxy) is 1. The van der Waals surface area contributed by atoms with E-state index in [1.807, 2.05) is 4.90 Å². The lowest BCUT2D eigenvalue weighted by Crippen LogP contribution is -2.57. The molecular formula is C23H24ClFN4O3. The third kappa shape index (κ3) is 4.70. The van der Waals surface area contributed by atoms with Crippen molar-refractivity contribution in [3.8, 4) is 0 Å². The number of nitrogens with zero attached hydrogens (tertiary/aromatic N) is 3. The molecule has 0 spiro atoms. The van der Waals surface area contributed by atoms with Crippen LogP contribution in [0.5, 0.6) is 0 Å². The molecule has 2 aromatic carbocycles. The minimum atomic E-state index is -1.09. The van der Waals surface area contributed by atoms with Gasteiger partial charge in [0, 0.05) is 36.9 Å². The fourth-order valence-corrected chi connectivity index (χ4v) is 4.18. The number of piperazine rings is 1. The highest BCUT2D eigenvalue weighted by Crippen LogP contribution is 2.32. The summed E-state index contributed by atoms with van der Waals surface area (Å²) in [7, 11) is 0. The number of amides is 1. The number of carbonyl (C=O) groups excluding carboxylic acids is 2. The highest BCUT2D eigenvalue weighted by atomic mass is 35.5. The molecule has 7 nitrogen and oxygen atoms in total. The van der Waals surface area contributed by atoms with Gasteiger partial charge in [-0.25, -0.2) is 9.38 Å². The number of rotatable bonds is 4. The Morgan fingerprint density at radius 2 is 1.84 bits per heavy atom. The van der Waals surface area contributed by atoms with Gasteiger partial charge in [0.05, 0.1) is 6.61 Å². The van der Waals surface area contributed by atoms with Crippen molar-refractivity contribution in [3.63, 3.8) is 0 Å². The number of nitrogens with one attached hydrogen (secondary N) is 1. The maximum Gasteiger partial charge on any atom is 0.321 e. The number of halogens is 2. The van der Waals surface area contributed by atoms with Crippen LogP contribution in [0.1, 0.15) is 18.5 Å². The lowest BCUT2D eigenvalue weighted by atomic mass is 9.91. The van der Waals surface area contributed by atoms with E-state index in [-0.39, 0.29) is 12.4 Å². The van der Waals surface area contributed by atoms with E-state index in [2.05, 4.69) is 10.2 Å². The van der Waals surface area contributed by atoms with Crippen molar-refractivity contribution in [1.82, 2.24) is 10.2 Å². The molecule has 0 bridgehead atoms. The molecule has 4 rings (SSSR count). The van der Waals surface area contributed by atoms with Gasteiger partial charge in [-0.2, -0.15) is 0 Å². The van der Waals surface area contributed by atoms with E-state index in [1.165, 1.54) is 12.1 Å². The third-order valence-electron chi connectivity index (χ3n) is 5.60. The third-order valence-corrected chi connectivity index (χ3v) is 5.83. The first-order chi connectivity index (χ1) is 15.5. The molecule has 0 radical (unpaired) electrons. The lowest BCUT2D eigenvalue weighted by Gasteiger charge is -2.39. The normalized spacial score (nSPS) is 21.1. The number of hydrogen-bond donors (Lipinski definition) is 1. The average molecular weight is 459 g/mol. The Bertz CT molecular complexity index is 1020. The van der Waals surface area contributed by atoms with E-state index in [4.69, 9.17) is 21.3 Å². The van der Waals surface area contributed by atoms with Crippen molar-refractivity contribution in [3.05, 3.63) is 64.9 Å². The fraction of sp³-hybridized carbons (Fsp3) is 0.348. The number of esters is 1. The minimum Gasteiger partial charge on any atom is -0.465 e. The Morgan fingerprint density at radius 1 is 1.16 bits per heavy atom. The van der Waals surface area contributed by atoms with Gasteiger partial charge in [-0.15, -0.1) is 0 Å². The Kier molecular flexibility index (Phi) is 6.60. The van der Waals surface area contributed by atoms with Crippen LogP contribution in [0.15, 0.2) is 53.5 Å². The van der Waals surface area contributed by atoms with Crippen LogP contribution in [0.2, 0.25) is 5.02 Å². The predicted octanol–water partition coefficient (Wildman–Crippen LogP) is 3.01. The van der Waals surface area contributed by atoms with Crippen LogP contribution in [0, 0.1) is 11.7 Å². The van der Waals surface area contributed by atoms with Crippen LogP contribution in [-0.4, -0.2) is 55.5 Å². The zero-order chi connectivity index (χ0) is 22.7. The van der Waals surface area contributed by atoms with Crippen LogP contribution in [0.4, 0.5) is 10.1 Å². The van der Waals surface area contributed by atoms with Crippen molar-refractivity contribution in [1.29, 1.82) is 0 Å². The molecule has 168 valence electrons. The molecule has 2 aliphatic heterocycles. The zero-order valence-corrected chi connectivity index (χ0v) is 18.4. The van der Waals surface area contributed by atoms with E-state index in [9.17, 15) is 14.0 Å². The van der Waals surface area contributed by atoms with Crippen LogP contribution >= 0.6 is 11.6 Å². The summed E-state index contributed by atoms with van der Waals surface area (Å²) >= 11 is 6.15. The largest absolute Gasteiger partial charge is 0.465 e. The van der Waals surface area contributed by atoms with E-state index in [0.717, 1.165) is 5.69 Å². The molecular weight excluding hydrogens is 435 g/mol. The molecule has 0 unspecified atom stereocenters. The summed E-state index contributed by atoms with van der Waals surface area (Å²) in [6.07, 6.45) is 0. The first-order valence-electron chi connectivity index (χ1n) is 10.5. The summed E-state index contributed by atoms with van der Waals surface area (Å²) in [6.45, 7) is 4.47. The van der Waals surface area contributed by atoms with Crippen molar-refractivity contribution in [2.75, 3.05) is 37.7 Å². The first kappa shape index (κ1) is 22.1. The number of benzene rings is 2. The quantitative estimate of drug-likeness (QED) is 0.563. The standard InChI is InChI=1S/C23H24ClFN4O3/c1-2-32-22(31)19-20(15-4-3-5-16(24)14-15)26-23(27-21(19)30)29-12-10-28(11-13-29)18-8-6-17(25)7-9-18/h3-9,14,19-20H,2,10-13H2,1H3,(H,26,27,30)/t19-,20-/m0/s1. The Balaban J connectivity index is 1.56. The minimum absolute atomic E-state index is 0.173. The number of anilines is 1. The van der Waals surface area contributed by atoms with Gasteiger partial charge in [0.25, 0.3) is 0 Å². The molecule has 32 heavy (non-hydrogen) atoms. The summed E-state index contributed by atoms with van der Waals surface area (Å²) in [5, 5.41) is 3.29. The van der Waals surface area contributed by atoms with Gasteiger partial charge in [0.15, 0.2) is 5.92 Å². The van der Waals surface area contributed by atoms with E-state index < -0.39 is 23.8 Å². The van der Waals surface area contributed by atoms with Crippen molar-refractivity contribution >= 4 is 35.1 Å². The number of carbonyl (C=O) groups is 2. The molecule has 1 saturated heterocycles. The molecule has 0 aromatic heterocycles. The molecule has 1 fully saturated rings. The molecule has 2 aliphatic rings. The average Bonchev–Trinajstić information content (AvgIpc) is 2.79. The Hall–Kier alpha value is -3.13. The van der Waals surface area contributed by atoms with Crippen LogP contribution in [-0.2, 0) is 14.3 Å². The second-order valence-electron chi connectivity index (χ2n) is 7.62. The van der Waals surface area contributed by atoms with E-state index in [0.29, 0.717) is 42.7 Å². The van der Waals surface area contributed by atoms with Crippen molar-refractivity contribution < 1.29 is 18.7 Å². The van der Waals surface area contributed by atoms with Crippen LogP contribution in [0.3, 0.4) is 0 Å². The highest BCUT2D eigenvalue weighted by Gasteiger charge is 2.42. The summed E-state index contributed by atoms with van der Waals surface area (Å²) in [5.41, 5.74) is 1.62. The van der Waals surface area contributed by atoms with Gasteiger partial charge in [0.1, 0.15) is 11.9 Å². The summed E-state index contributed by atoms with van der Waals surface area (Å²) < 4.78 is 18.3. The van der Waals surface area contributed by atoms with E-state index in [1.54, 1.807) is 43.3 Å². The molecule has 0 aliphatic carbocycles. The van der Waals surface area contributed by atoms with Gasteiger partial charge in [-0.05, 0) is 48.9 Å². The van der Waals surface area contributed by atoms with Gasteiger partial charge in [-0.3, -0.25) is 14.9 Å². The summed E-state index contributed by atoms with van der Waals surface area (Å²) in [6, 6.07) is 12.7. The monoisotopic (exact) mass is 458 g/mol. The summed E-state index contributed by atoms with van der Waals surface area (Å²) in [5.74, 6) is -1.98. The zero-order valence-electron chi connectivity index (χ0n) is 17.6. The van der Waals surface area contributed by atoms with Gasteiger partial charge >= 0.3 is 5.97 Å². The lowest BCUT2D eigenvalue weighted by molar-refractivity contribution is -0.153. The second kappa shape index (κ2) is 9.56. The molecule has 2 atom stereocenters. The molecule has 1 N–H and O–H groups in total. The molecule has 9 heteroatoms. The number of aliphatic imine (C=N–C) groups is 1. The predicted molar refractivity (Wildman–Crippen MR) is 120 cm³/mol. The van der Waals surface area contributed by atoms with Crippen LogP contribution < -0.4 is 10.2 Å². The van der Waals surface area contributed by atoms with Crippen LogP contribution in [0.25, 0.3) is 0 Å². The second-order valence-corrected chi connectivity index (χ2v) is 8.06. The van der Waals surface area contributed by atoms with E-state index >= 15 is 0 Å². The smallest absolute Gasteiger partial charge is 0.321 e. The molecule has 2 heterocycles. The fourth-order valence-electron chi connectivity index (χ4n) is 3.98. The first-order valence-corrected chi connectivity index (χ1v) is 10.9. The molecule has 1 amide bonds. The van der Waals surface area contributed by atoms with Gasteiger partial charge < -0.3 is 14.5 Å². The van der Waals surface area contributed by atoms with Crippen molar-refractivity contribution in [2.24, 2.45) is 10.9 Å². The van der Waals surface area contributed by atoms with Crippen molar-refractivity contribution in [2.45, 2.75) is 13.0 Å². The topological polar surface area (TPSA) is 74.2 Å². The molecule has 2 aromatic rings. The Morgan fingerprint density at radius 3 is 2.50 bits per heavy atom. The van der Waals surface area contributed by atoms with Gasteiger partial charge in [0.2, 0.25) is 11.9 Å². The number of hydrogen-bond acceptors (Lipinski definition) is 6. The number of guanidine groups is 1. The van der Waals surface area contributed by atoms with Gasteiger partial charge in [-0.1, -0.05) is 23.7 Å². The highest BCUT2D eigenvalue weighted by molar-refractivity contribution is 6.30. The Labute approximate surface area is 190 Å². The maximum absolute atomic E-state index is 13.2. The summed E-state index contributed by atoms with van der Waals surface area (Å²) in [4.78, 5) is 34.4.